The van der Waals surface area contributed by atoms with Gasteiger partial charge in [0.05, 0.1) is 11.5 Å². The number of carboxylic acid groups (broad SMARTS) is 1. The summed E-state index contributed by atoms with van der Waals surface area (Å²) in [4.78, 5) is 34.8. The van der Waals surface area contributed by atoms with E-state index in [0.29, 0.717) is 31.8 Å². The Kier molecular flexibility index (Phi) is 4.30. The van der Waals surface area contributed by atoms with Crippen LogP contribution >= 0.6 is 0 Å². The van der Waals surface area contributed by atoms with E-state index in [1.165, 1.54) is 0 Å². The van der Waals surface area contributed by atoms with Gasteiger partial charge < -0.3 is 15.3 Å². The van der Waals surface area contributed by atoms with Crippen molar-refractivity contribution in [1.29, 1.82) is 0 Å². The molecule has 1 spiro atoms. The van der Waals surface area contributed by atoms with Crippen LogP contribution in [-0.2, 0) is 9.59 Å². The molecule has 2 saturated heterocycles. The molecule has 1 aromatic carbocycles. The molecule has 0 radical (unpaired) electrons. The fraction of sp³-hybridized carbons (Fsp3) is 0.400. The Labute approximate surface area is 157 Å². The summed E-state index contributed by atoms with van der Waals surface area (Å²) in [6.07, 6.45) is 1.26. The minimum Gasteiger partial charge on any atom is -0.481 e. The van der Waals surface area contributed by atoms with Crippen molar-refractivity contribution in [3.05, 3.63) is 42.1 Å². The maximum Gasteiger partial charge on any atom is 0.309 e. The second-order valence-corrected chi connectivity index (χ2v) is 7.34. The van der Waals surface area contributed by atoms with Crippen molar-refractivity contribution in [2.75, 3.05) is 18.0 Å². The largest absolute Gasteiger partial charge is 0.481 e. The zero-order chi connectivity index (χ0) is 19.0. The molecule has 2 N–H and O–H groups in total. The maximum absolute atomic E-state index is 11.8. The number of aromatic nitrogens is 2. The van der Waals surface area contributed by atoms with E-state index in [-0.39, 0.29) is 12.3 Å². The van der Waals surface area contributed by atoms with Gasteiger partial charge in [0.1, 0.15) is 5.82 Å². The number of nitrogens with one attached hydrogen (secondary N) is 1. The summed E-state index contributed by atoms with van der Waals surface area (Å²) in [5.74, 6) is -0.193. The SMILES string of the molecule is Cc1cc(N2CCC3(CC2)NC(=O)C[C@@H]3C(=O)O)nc(-c2ccccc2)n1. The van der Waals surface area contributed by atoms with E-state index in [1.807, 2.05) is 43.3 Å². The highest BCUT2D eigenvalue weighted by atomic mass is 16.4. The summed E-state index contributed by atoms with van der Waals surface area (Å²) in [7, 11) is 0. The number of benzene rings is 1. The molecule has 2 aliphatic heterocycles. The highest BCUT2D eigenvalue weighted by molar-refractivity contribution is 5.88. The zero-order valence-corrected chi connectivity index (χ0v) is 15.2. The molecule has 4 rings (SSSR count). The summed E-state index contributed by atoms with van der Waals surface area (Å²) < 4.78 is 0. The molecule has 2 fully saturated rings. The first kappa shape index (κ1) is 17.5. The van der Waals surface area contributed by atoms with Crippen molar-refractivity contribution in [2.24, 2.45) is 5.92 Å². The fourth-order valence-electron chi connectivity index (χ4n) is 4.16. The van der Waals surface area contributed by atoms with E-state index in [2.05, 4.69) is 15.2 Å². The molecular formula is C20H22N4O3. The van der Waals surface area contributed by atoms with Gasteiger partial charge in [-0.3, -0.25) is 9.59 Å². The van der Waals surface area contributed by atoms with E-state index < -0.39 is 17.4 Å². The number of piperidine rings is 1. The Hall–Kier alpha value is -2.96. The van der Waals surface area contributed by atoms with Gasteiger partial charge in [-0.25, -0.2) is 9.97 Å². The van der Waals surface area contributed by atoms with E-state index in [9.17, 15) is 14.7 Å². The number of carbonyl (C=O) groups excluding carboxylic acids is 1. The molecule has 27 heavy (non-hydrogen) atoms. The predicted octanol–water partition coefficient (Wildman–Crippen LogP) is 2.01. The summed E-state index contributed by atoms with van der Waals surface area (Å²) in [6.45, 7) is 3.24. The van der Waals surface area contributed by atoms with Gasteiger partial charge in [0.2, 0.25) is 5.91 Å². The third-order valence-electron chi connectivity index (χ3n) is 5.60. The van der Waals surface area contributed by atoms with Gasteiger partial charge in [0.15, 0.2) is 5.82 Å². The average molecular weight is 366 g/mol. The second kappa shape index (κ2) is 6.64. The highest BCUT2D eigenvalue weighted by Gasteiger charge is 2.51. The molecule has 0 aliphatic carbocycles. The van der Waals surface area contributed by atoms with Crippen LogP contribution in [0.1, 0.15) is 25.0 Å². The van der Waals surface area contributed by atoms with Crippen LogP contribution in [0.2, 0.25) is 0 Å². The third-order valence-corrected chi connectivity index (χ3v) is 5.60. The molecule has 0 bridgehead atoms. The third kappa shape index (κ3) is 3.25. The molecule has 3 heterocycles. The fourth-order valence-corrected chi connectivity index (χ4v) is 4.16. The molecule has 1 atom stereocenters. The van der Waals surface area contributed by atoms with Crippen LogP contribution in [0.15, 0.2) is 36.4 Å². The van der Waals surface area contributed by atoms with Crippen molar-refractivity contribution in [2.45, 2.75) is 31.7 Å². The first-order valence-corrected chi connectivity index (χ1v) is 9.17. The number of aryl methyl sites for hydroxylation is 1. The average Bonchev–Trinajstić information content (AvgIpc) is 2.98. The number of carboxylic acids is 1. The van der Waals surface area contributed by atoms with Crippen LogP contribution < -0.4 is 10.2 Å². The van der Waals surface area contributed by atoms with E-state index in [4.69, 9.17) is 4.98 Å². The second-order valence-electron chi connectivity index (χ2n) is 7.34. The number of hydrogen-bond donors (Lipinski definition) is 2. The maximum atomic E-state index is 11.8. The van der Waals surface area contributed by atoms with Gasteiger partial charge in [0, 0.05) is 36.8 Å². The van der Waals surface area contributed by atoms with Crippen molar-refractivity contribution >= 4 is 17.7 Å². The van der Waals surface area contributed by atoms with Gasteiger partial charge in [-0.2, -0.15) is 0 Å². The highest BCUT2D eigenvalue weighted by Crippen LogP contribution is 2.38. The molecule has 1 amide bonds. The molecule has 1 aromatic heterocycles. The molecule has 0 unspecified atom stereocenters. The summed E-state index contributed by atoms with van der Waals surface area (Å²) in [6, 6.07) is 11.8. The number of hydrogen-bond acceptors (Lipinski definition) is 5. The van der Waals surface area contributed by atoms with Crippen LogP contribution in [-0.4, -0.2) is 45.6 Å². The van der Waals surface area contributed by atoms with Crippen LogP contribution in [0, 0.1) is 12.8 Å². The number of aliphatic carboxylic acids is 1. The van der Waals surface area contributed by atoms with E-state index in [0.717, 1.165) is 17.1 Å². The van der Waals surface area contributed by atoms with Crippen molar-refractivity contribution in [1.82, 2.24) is 15.3 Å². The van der Waals surface area contributed by atoms with Gasteiger partial charge in [-0.1, -0.05) is 30.3 Å². The predicted molar refractivity (Wildman–Crippen MR) is 100 cm³/mol. The van der Waals surface area contributed by atoms with Gasteiger partial charge in [-0.15, -0.1) is 0 Å². The molecule has 7 nitrogen and oxygen atoms in total. The van der Waals surface area contributed by atoms with Crippen molar-refractivity contribution in [3.8, 4) is 11.4 Å². The Bertz CT molecular complexity index is 876. The number of rotatable bonds is 3. The lowest BCUT2D eigenvalue weighted by Crippen LogP contribution is -2.55. The lowest BCUT2D eigenvalue weighted by Gasteiger charge is -2.42. The summed E-state index contributed by atoms with van der Waals surface area (Å²) in [5, 5.41) is 12.4. The quantitative estimate of drug-likeness (QED) is 0.863. The van der Waals surface area contributed by atoms with Crippen LogP contribution in [0.3, 0.4) is 0 Å². The number of nitrogens with zero attached hydrogens (tertiary/aromatic N) is 3. The Balaban J connectivity index is 1.56. The molecule has 2 aromatic rings. The van der Waals surface area contributed by atoms with Crippen molar-refractivity contribution in [3.63, 3.8) is 0 Å². The topological polar surface area (TPSA) is 95.4 Å². The zero-order valence-electron chi connectivity index (χ0n) is 15.2. The minimum absolute atomic E-state index is 0.0695. The number of amides is 1. The molecule has 0 saturated carbocycles. The van der Waals surface area contributed by atoms with Crippen LogP contribution in [0.4, 0.5) is 5.82 Å². The van der Waals surface area contributed by atoms with E-state index >= 15 is 0 Å². The molecule has 7 heteroatoms. The monoisotopic (exact) mass is 366 g/mol. The van der Waals surface area contributed by atoms with E-state index in [1.54, 1.807) is 0 Å². The summed E-state index contributed by atoms with van der Waals surface area (Å²) >= 11 is 0. The molecular weight excluding hydrogens is 344 g/mol. The van der Waals surface area contributed by atoms with Gasteiger partial charge in [-0.05, 0) is 19.8 Å². The lowest BCUT2D eigenvalue weighted by atomic mass is 9.78. The summed E-state index contributed by atoms with van der Waals surface area (Å²) in [5.41, 5.74) is 1.21. The Morgan fingerprint density at radius 2 is 1.93 bits per heavy atom. The van der Waals surface area contributed by atoms with Gasteiger partial charge >= 0.3 is 5.97 Å². The number of carbonyl (C=O) groups is 2. The van der Waals surface area contributed by atoms with Crippen molar-refractivity contribution < 1.29 is 14.7 Å². The van der Waals surface area contributed by atoms with Crippen LogP contribution in [0.25, 0.3) is 11.4 Å². The number of anilines is 1. The lowest BCUT2D eigenvalue weighted by molar-refractivity contribution is -0.144. The van der Waals surface area contributed by atoms with Crippen LogP contribution in [0.5, 0.6) is 0 Å². The van der Waals surface area contributed by atoms with Gasteiger partial charge in [0.25, 0.3) is 0 Å². The minimum atomic E-state index is -0.897. The Morgan fingerprint density at radius 1 is 1.22 bits per heavy atom. The normalized spacial score (nSPS) is 21.3. The molecule has 2 aliphatic rings. The first-order valence-electron chi connectivity index (χ1n) is 9.17. The Morgan fingerprint density at radius 3 is 2.59 bits per heavy atom. The smallest absolute Gasteiger partial charge is 0.309 e. The molecule has 140 valence electrons. The standard InChI is InChI=1S/C20H22N4O3/c1-13-11-16(22-18(21-13)14-5-3-2-4-6-14)24-9-7-20(8-10-24)15(19(26)27)12-17(25)23-20/h2-6,11,15H,7-10,12H2,1H3,(H,23,25)(H,26,27)/t15-/m1/s1. The first-order chi connectivity index (χ1) is 13.0.